The van der Waals surface area contributed by atoms with Crippen LogP contribution in [0.25, 0.3) is 0 Å². The third-order valence-corrected chi connectivity index (χ3v) is 3.54. The van der Waals surface area contributed by atoms with Gasteiger partial charge in [0.25, 0.3) is 0 Å². The van der Waals surface area contributed by atoms with Crippen LogP contribution < -0.4 is 10.5 Å². The molecular weight excluding hydrogens is 251 g/mol. The van der Waals surface area contributed by atoms with Crippen molar-refractivity contribution in [3.8, 4) is 5.75 Å². The van der Waals surface area contributed by atoms with Crippen molar-refractivity contribution < 1.29 is 14.1 Å². The highest BCUT2D eigenvalue weighted by Crippen LogP contribution is 2.33. The maximum Gasteiger partial charge on any atom is 0.311 e. The Morgan fingerprint density at radius 3 is 2.84 bits per heavy atom. The number of nitro benzene ring substituents is 1. The van der Waals surface area contributed by atoms with E-state index < -0.39 is 10.7 Å². The zero-order chi connectivity index (χ0) is 13.8. The number of nitrogens with zero attached hydrogens (tertiary/aromatic N) is 1. The molecule has 5 nitrogen and oxygen atoms in total. The van der Waals surface area contributed by atoms with Gasteiger partial charge in [0.2, 0.25) is 0 Å². The monoisotopic (exact) mass is 268 g/mol. The molecule has 1 fully saturated rings. The van der Waals surface area contributed by atoms with E-state index in [9.17, 15) is 14.5 Å². The predicted octanol–water partition coefficient (Wildman–Crippen LogP) is 2.63. The number of benzene rings is 1. The average Bonchev–Trinajstić information content (AvgIpc) is 2.39. The fraction of sp³-hybridized carbons (Fsp3) is 0.538. The van der Waals surface area contributed by atoms with Crippen molar-refractivity contribution in [2.45, 2.75) is 31.8 Å². The lowest BCUT2D eigenvalue weighted by Gasteiger charge is -2.30. The van der Waals surface area contributed by atoms with Crippen molar-refractivity contribution in [3.63, 3.8) is 0 Å². The molecule has 1 aliphatic carbocycles. The van der Waals surface area contributed by atoms with Gasteiger partial charge in [-0.2, -0.15) is 0 Å². The summed E-state index contributed by atoms with van der Waals surface area (Å²) in [7, 11) is 0. The number of halogens is 1. The quantitative estimate of drug-likeness (QED) is 0.672. The van der Waals surface area contributed by atoms with Gasteiger partial charge in [0.15, 0.2) is 5.75 Å². The van der Waals surface area contributed by atoms with E-state index in [0.717, 1.165) is 43.9 Å². The number of nitrogens with two attached hydrogens (primary N) is 1. The molecule has 1 saturated carbocycles. The Bertz CT molecular complexity index is 467. The Labute approximate surface area is 110 Å². The lowest BCUT2D eigenvalue weighted by Crippen LogP contribution is -2.35. The van der Waals surface area contributed by atoms with Gasteiger partial charge < -0.3 is 10.5 Å². The van der Waals surface area contributed by atoms with Crippen LogP contribution in [0.3, 0.4) is 0 Å². The van der Waals surface area contributed by atoms with Gasteiger partial charge in [0.1, 0.15) is 11.9 Å². The standard InChI is InChI=1S/C13H17FN2O3/c14-10-5-6-11(16(17)18)13(7-10)19-12-4-2-1-3-9(12)8-15/h5-7,9,12H,1-4,8,15H2/t9-,12+/m0/s1. The zero-order valence-electron chi connectivity index (χ0n) is 10.5. The molecule has 19 heavy (non-hydrogen) atoms. The molecule has 0 bridgehead atoms. The van der Waals surface area contributed by atoms with E-state index in [1.54, 1.807) is 0 Å². The van der Waals surface area contributed by atoms with Gasteiger partial charge >= 0.3 is 5.69 Å². The maximum atomic E-state index is 13.2. The van der Waals surface area contributed by atoms with Crippen LogP contribution in [0.15, 0.2) is 18.2 Å². The zero-order valence-corrected chi connectivity index (χ0v) is 10.5. The van der Waals surface area contributed by atoms with Crippen LogP contribution in [0.4, 0.5) is 10.1 Å². The van der Waals surface area contributed by atoms with Crippen LogP contribution in [0.5, 0.6) is 5.75 Å². The molecule has 0 radical (unpaired) electrons. The largest absolute Gasteiger partial charge is 0.483 e. The summed E-state index contributed by atoms with van der Waals surface area (Å²) in [5, 5.41) is 10.9. The number of rotatable bonds is 4. The van der Waals surface area contributed by atoms with Crippen LogP contribution in [-0.4, -0.2) is 17.6 Å². The molecule has 1 aromatic carbocycles. The maximum absolute atomic E-state index is 13.2. The van der Waals surface area contributed by atoms with E-state index in [1.807, 2.05) is 0 Å². The fourth-order valence-electron chi connectivity index (χ4n) is 2.49. The van der Waals surface area contributed by atoms with Crippen LogP contribution >= 0.6 is 0 Å². The lowest BCUT2D eigenvalue weighted by atomic mass is 9.86. The topological polar surface area (TPSA) is 78.4 Å². The Morgan fingerprint density at radius 1 is 1.42 bits per heavy atom. The summed E-state index contributed by atoms with van der Waals surface area (Å²) >= 11 is 0. The number of nitro groups is 1. The molecule has 0 saturated heterocycles. The summed E-state index contributed by atoms with van der Waals surface area (Å²) in [5.41, 5.74) is 5.48. The number of hydrogen-bond donors (Lipinski definition) is 1. The fourth-order valence-corrected chi connectivity index (χ4v) is 2.49. The van der Waals surface area contributed by atoms with Crippen molar-refractivity contribution in [2.24, 2.45) is 11.7 Å². The smallest absolute Gasteiger partial charge is 0.311 e. The minimum absolute atomic E-state index is 0.00431. The third kappa shape index (κ3) is 3.20. The van der Waals surface area contributed by atoms with Gasteiger partial charge in [-0.05, 0) is 31.9 Å². The molecule has 104 valence electrons. The first-order valence-electron chi connectivity index (χ1n) is 6.42. The first kappa shape index (κ1) is 13.7. The van der Waals surface area contributed by atoms with Gasteiger partial charge in [0.05, 0.1) is 4.92 Å². The highest BCUT2D eigenvalue weighted by Gasteiger charge is 2.28. The molecule has 0 aromatic heterocycles. The highest BCUT2D eigenvalue weighted by molar-refractivity contribution is 5.46. The average molecular weight is 268 g/mol. The third-order valence-electron chi connectivity index (χ3n) is 3.54. The summed E-state index contributed by atoms with van der Waals surface area (Å²) in [6.45, 7) is 0.480. The molecule has 0 spiro atoms. The Hall–Kier alpha value is -1.69. The Balaban J connectivity index is 2.21. The molecule has 1 aliphatic rings. The summed E-state index contributed by atoms with van der Waals surface area (Å²) in [4.78, 5) is 10.3. The second-order valence-corrected chi connectivity index (χ2v) is 4.81. The Kier molecular flexibility index (Phi) is 4.31. The number of hydrogen-bond acceptors (Lipinski definition) is 4. The molecule has 0 aliphatic heterocycles. The minimum Gasteiger partial charge on any atom is -0.483 e. The molecule has 0 unspecified atom stereocenters. The molecule has 1 aromatic rings. The van der Waals surface area contributed by atoms with Crippen molar-refractivity contribution in [1.82, 2.24) is 0 Å². The predicted molar refractivity (Wildman–Crippen MR) is 68.5 cm³/mol. The van der Waals surface area contributed by atoms with Crippen molar-refractivity contribution in [1.29, 1.82) is 0 Å². The van der Waals surface area contributed by atoms with Crippen LogP contribution in [0, 0.1) is 21.8 Å². The first-order chi connectivity index (χ1) is 9.11. The molecule has 2 rings (SSSR count). The van der Waals surface area contributed by atoms with Gasteiger partial charge in [0, 0.05) is 18.1 Å². The summed E-state index contributed by atoms with van der Waals surface area (Å²) in [6, 6.07) is 3.26. The van der Waals surface area contributed by atoms with Crippen LogP contribution in [0.2, 0.25) is 0 Å². The van der Waals surface area contributed by atoms with E-state index in [2.05, 4.69) is 0 Å². The van der Waals surface area contributed by atoms with Crippen molar-refractivity contribution in [2.75, 3.05) is 6.54 Å². The van der Waals surface area contributed by atoms with E-state index in [-0.39, 0.29) is 23.5 Å². The lowest BCUT2D eigenvalue weighted by molar-refractivity contribution is -0.386. The van der Waals surface area contributed by atoms with Crippen molar-refractivity contribution in [3.05, 3.63) is 34.1 Å². The molecule has 6 heteroatoms. The van der Waals surface area contributed by atoms with Gasteiger partial charge in [-0.15, -0.1) is 0 Å². The second-order valence-electron chi connectivity index (χ2n) is 4.81. The molecule has 2 atom stereocenters. The number of ether oxygens (including phenoxy) is 1. The van der Waals surface area contributed by atoms with E-state index >= 15 is 0 Å². The van der Waals surface area contributed by atoms with Crippen LogP contribution in [-0.2, 0) is 0 Å². The minimum atomic E-state index is -0.560. The SMILES string of the molecule is NC[C@@H]1CCCC[C@H]1Oc1cc(F)ccc1[N+](=O)[O-]. The first-order valence-corrected chi connectivity index (χ1v) is 6.42. The normalized spacial score (nSPS) is 23.1. The summed E-state index contributed by atoms with van der Waals surface area (Å²) in [6.07, 6.45) is 3.68. The van der Waals surface area contributed by atoms with Crippen LogP contribution in [0.1, 0.15) is 25.7 Å². The van der Waals surface area contributed by atoms with Gasteiger partial charge in [-0.3, -0.25) is 10.1 Å². The highest BCUT2D eigenvalue weighted by atomic mass is 19.1. The van der Waals surface area contributed by atoms with E-state index in [0.29, 0.717) is 6.54 Å². The van der Waals surface area contributed by atoms with Gasteiger partial charge in [-0.1, -0.05) is 6.42 Å². The van der Waals surface area contributed by atoms with Gasteiger partial charge in [-0.25, -0.2) is 4.39 Å². The molecular formula is C13H17FN2O3. The summed E-state index contributed by atoms with van der Waals surface area (Å²) < 4.78 is 18.9. The molecule has 2 N–H and O–H groups in total. The summed E-state index contributed by atoms with van der Waals surface area (Å²) in [5.74, 6) is -0.368. The van der Waals surface area contributed by atoms with E-state index in [4.69, 9.17) is 10.5 Å². The Morgan fingerprint density at radius 2 is 2.16 bits per heavy atom. The second kappa shape index (κ2) is 5.97. The molecule has 0 heterocycles. The molecule has 0 amide bonds. The van der Waals surface area contributed by atoms with E-state index in [1.165, 1.54) is 0 Å². The van der Waals surface area contributed by atoms with Crippen molar-refractivity contribution >= 4 is 5.69 Å².